The minimum Gasteiger partial charge on any atom is -0.393 e. The molecule has 2 rings (SSSR count). The van der Waals surface area contributed by atoms with Crippen LogP contribution in [0.25, 0.3) is 0 Å². The minimum atomic E-state index is -0.509. The molecule has 0 unspecified atom stereocenters. The zero-order valence-corrected chi connectivity index (χ0v) is 10.5. The van der Waals surface area contributed by atoms with E-state index in [1.54, 1.807) is 23.6 Å². The quantitative estimate of drug-likeness (QED) is 0.398. The predicted molar refractivity (Wildman–Crippen MR) is 73.8 cm³/mol. The highest BCUT2D eigenvalue weighted by atomic mass is 32.1. The summed E-state index contributed by atoms with van der Waals surface area (Å²) in [5.41, 5.74) is 7.19. The van der Waals surface area contributed by atoms with E-state index in [1.165, 1.54) is 12.1 Å². The molecule has 1 heterocycles. The molecule has 1 aromatic heterocycles. The van der Waals surface area contributed by atoms with Crippen LogP contribution in [0.4, 0.5) is 17.1 Å². The second-order valence-electron chi connectivity index (χ2n) is 3.73. The van der Waals surface area contributed by atoms with Gasteiger partial charge in [0.15, 0.2) is 0 Å². The Morgan fingerprint density at radius 1 is 1.44 bits per heavy atom. The van der Waals surface area contributed by atoms with Gasteiger partial charge in [-0.15, -0.1) is 11.3 Å². The van der Waals surface area contributed by atoms with E-state index >= 15 is 0 Å². The van der Waals surface area contributed by atoms with Gasteiger partial charge >= 0.3 is 0 Å². The lowest BCUT2D eigenvalue weighted by atomic mass is 10.2. The molecular formula is C12H11N3O2S. The van der Waals surface area contributed by atoms with Crippen molar-refractivity contribution in [3.63, 3.8) is 0 Å². The summed E-state index contributed by atoms with van der Waals surface area (Å²) in [6, 6.07) is 6.51. The van der Waals surface area contributed by atoms with Crippen LogP contribution in [-0.2, 0) is 0 Å². The molecule has 0 fully saturated rings. The van der Waals surface area contributed by atoms with Gasteiger partial charge in [0.2, 0.25) is 0 Å². The summed E-state index contributed by atoms with van der Waals surface area (Å²) in [6.07, 6.45) is 1.70. The van der Waals surface area contributed by atoms with Crippen molar-refractivity contribution >= 4 is 34.6 Å². The summed E-state index contributed by atoms with van der Waals surface area (Å²) in [5, 5.41) is 12.7. The Morgan fingerprint density at radius 3 is 2.83 bits per heavy atom. The largest absolute Gasteiger partial charge is 0.393 e. The molecule has 0 aliphatic rings. The molecule has 0 spiro atoms. The average molecular weight is 261 g/mol. The van der Waals surface area contributed by atoms with Crippen LogP contribution in [0.2, 0.25) is 0 Å². The maximum atomic E-state index is 10.7. The molecule has 1 aromatic carbocycles. The van der Waals surface area contributed by atoms with E-state index in [2.05, 4.69) is 4.99 Å². The molecule has 0 saturated carbocycles. The first-order valence-corrected chi connectivity index (χ1v) is 6.08. The van der Waals surface area contributed by atoms with Crippen LogP contribution in [0.15, 0.2) is 34.6 Å². The van der Waals surface area contributed by atoms with Crippen molar-refractivity contribution in [2.45, 2.75) is 6.92 Å². The lowest BCUT2D eigenvalue weighted by Crippen LogP contribution is -1.94. The van der Waals surface area contributed by atoms with Crippen LogP contribution in [-0.4, -0.2) is 11.1 Å². The first kappa shape index (κ1) is 12.3. The molecule has 0 radical (unpaired) electrons. The van der Waals surface area contributed by atoms with E-state index in [-0.39, 0.29) is 11.4 Å². The second kappa shape index (κ2) is 4.97. The number of nitrogens with two attached hydrogens (primary N) is 1. The number of nitro groups is 1. The molecule has 0 saturated heterocycles. The first-order valence-electron chi connectivity index (χ1n) is 5.20. The van der Waals surface area contributed by atoms with Gasteiger partial charge in [-0.1, -0.05) is 0 Å². The molecule has 0 amide bonds. The minimum absolute atomic E-state index is 0.118. The summed E-state index contributed by atoms with van der Waals surface area (Å²) in [4.78, 5) is 15.5. The maximum Gasteiger partial charge on any atom is 0.294 e. The highest BCUT2D eigenvalue weighted by Crippen LogP contribution is 2.26. The van der Waals surface area contributed by atoms with E-state index in [4.69, 9.17) is 5.73 Å². The van der Waals surface area contributed by atoms with Gasteiger partial charge in [-0.25, -0.2) is 0 Å². The molecule has 2 aromatic rings. The van der Waals surface area contributed by atoms with Crippen LogP contribution >= 0.6 is 11.3 Å². The van der Waals surface area contributed by atoms with Gasteiger partial charge < -0.3 is 5.73 Å². The van der Waals surface area contributed by atoms with Gasteiger partial charge in [-0.3, -0.25) is 15.1 Å². The Bertz CT molecular complexity index is 620. The number of hydrogen-bond acceptors (Lipinski definition) is 5. The van der Waals surface area contributed by atoms with E-state index in [0.717, 1.165) is 10.4 Å². The van der Waals surface area contributed by atoms with Crippen molar-refractivity contribution in [1.29, 1.82) is 0 Å². The normalized spacial score (nSPS) is 10.9. The summed E-state index contributed by atoms with van der Waals surface area (Å²) in [5.74, 6) is 0. The van der Waals surface area contributed by atoms with Crippen molar-refractivity contribution in [3.05, 3.63) is 50.2 Å². The SMILES string of the molecule is Cc1ccsc1C=Nc1ccc(N)c([N+](=O)[O-])c1. The van der Waals surface area contributed by atoms with Crippen LogP contribution in [0.3, 0.4) is 0 Å². The topological polar surface area (TPSA) is 81.5 Å². The van der Waals surface area contributed by atoms with Gasteiger partial charge in [0, 0.05) is 17.2 Å². The highest BCUT2D eigenvalue weighted by molar-refractivity contribution is 7.11. The van der Waals surface area contributed by atoms with Crippen molar-refractivity contribution < 1.29 is 4.92 Å². The fourth-order valence-corrected chi connectivity index (χ4v) is 2.21. The van der Waals surface area contributed by atoms with Crippen LogP contribution in [0, 0.1) is 17.0 Å². The maximum absolute atomic E-state index is 10.7. The molecular weight excluding hydrogens is 250 g/mol. The van der Waals surface area contributed by atoms with Gasteiger partial charge in [-0.2, -0.15) is 0 Å². The molecule has 6 heteroatoms. The smallest absolute Gasteiger partial charge is 0.294 e. The van der Waals surface area contributed by atoms with Crippen molar-refractivity contribution in [2.24, 2.45) is 4.99 Å². The molecule has 0 aliphatic heterocycles. The summed E-state index contributed by atoms with van der Waals surface area (Å²) >= 11 is 1.57. The van der Waals surface area contributed by atoms with Crippen molar-refractivity contribution in [2.75, 3.05) is 5.73 Å². The molecule has 0 atom stereocenters. The lowest BCUT2D eigenvalue weighted by molar-refractivity contribution is -0.383. The number of rotatable bonds is 3. The number of hydrogen-bond donors (Lipinski definition) is 1. The van der Waals surface area contributed by atoms with Crippen LogP contribution in [0.1, 0.15) is 10.4 Å². The summed E-state index contributed by atoms with van der Waals surface area (Å²) in [6.45, 7) is 1.99. The zero-order chi connectivity index (χ0) is 13.1. The average Bonchev–Trinajstić information content (AvgIpc) is 2.73. The van der Waals surface area contributed by atoms with Gasteiger partial charge in [0.05, 0.1) is 10.6 Å². The standard InChI is InChI=1S/C12H11N3O2S/c1-8-4-5-18-12(8)7-14-9-2-3-10(13)11(6-9)15(16)17/h2-7H,13H2,1H3. The number of thiophene rings is 1. The van der Waals surface area contributed by atoms with Gasteiger partial charge in [0.25, 0.3) is 5.69 Å². The fourth-order valence-electron chi connectivity index (χ4n) is 1.42. The van der Waals surface area contributed by atoms with E-state index in [9.17, 15) is 10.1 Å². The molecule has 18 heavy (non-hydrogen) atoms. The predicted octanol–water partition coefficient (Wildman–Crippen LogP) is 3.30. The number of nitro benzene ring substituents is 1. The Balaban J connectivity index is 2.30. The van der Waals surface area contributed by atoms with E-state index < -0.39 is 4.92 Å². The highest BCUT2D eigenvalue weighted by Gasteiger charge is 2.11. The number of benzene rings is 1. The number of nitrogen functional groups attached to an aromatic ring is 1. The zero-order valence-electron chi connectivity index (χ0n) is 9.66. The third-order valence-corrected chi connectivity index (χ3v) is 3.40. The third-order valence-electron chi connectivity index (χ3n) is 2.44. The Labute approximate surface area is 108 Å². The number of anilines is 1. The van der Waals surface area contributed by atoms with Crippen molar-refractivity contribution in [1.82, 2.24) is 0 Å². The third kappa shape index (κ3) is 2.54. The van der Waals surface area contributed by atoms with Gasteiger partial charge in [0.1, 0.15) is 5.69 Å². The summed E-state index contributed by atoms with van der Waals surface area (Å²) < 4.78 is 0. The first-order chi connectivity index (χ1) is 8.58. The fraction of sp³-hybridized carbons (Fsp3) is 0.0833. The van der Waals surface area contributed by atoms with Gasteiger partial charge in [-0.05, 0) is 36.1 Å². The monoisotopic (exact) mass is 261 g/mol. The van der Waals surface area contributed by atoms with Crippen LogP contribution < -0.4 is 5.73 Å². The molecule has 2 N–H and O–H groups in total. The molecule has 0 bridgehead atoms. The second-order valence-corrected chi connectivity index (χ2v) is 4.67. The van der Waals surface area contributed by atoms with Crippen molar-refractivity contribution in [3.8, 4) is 0 Å². The summed E-state index contributed by atoms with van der Waals surface area (Å²) in [7, 11) is 0. The number of aryl methyl sites for hydroxylation is 1. The van der Waals surface area contributed by atoms with Crippen LogP contribution in [0.5, 0.6) is 0 Å². The van der Waals surface area contributed by atoms with E-state index in [1.807, 2.05) is 18.4 Å². The molecule has 0 aliphatic carbocycles. The van der Waals surface area contributed by atoms with E-state index in [0.29, 0.717) is 5.69 Å². The number of aliphatic imine (C=N–C) groups is 1. The Kier molecular flexibility index (Phi) is 3.38. The molecule has 92 valence electrons. The Morgan fingerprint density at radius 2 is 2.22 bits per heavy atom. The molecule has 5 nitrogen and oxygen atoms in total. The Hall–Kier alpha value is -2.21. The lowest BCUT2D eigenvalue weighted by Gasteiger charge is -1.98. The number of nitrogens with zero attached hydrogens (tertiary/aromatic N) is 2.